The van der Waals surface area contributed by atoms with E-state index >= 15 is 0 Å². The molecule has 382 valence electrons. The standard InChI is InChI=1S/C17H17ClFNO4.C14H20ClNO2.C8H11Cl2NO.C3H8NO5P.C3H9S/c1-9(2)15-16(21)20(17(22)24-15)13-8-14(11(18)7-12(13)19)23-10-5-3-4-6-10;1-4-12-8-6-7-11(3)14(12)16(10-18-5-2)13(17)9-15;1-3-5-11(6-4-2)8(12)7(9)10;5-3(6)1-4-2-10(7,8)9;1-4(2)3/h7-8,10H,3-6H2,1-2H3;6-8H,4-5,9-10H2,1-3H3;3-4,7H,1-2,5-6H2;4H,1-2H2,(H,5,6)(H2,7,8,9);1-3H3/q;;;;+1/p-1. The quantitative estimate of drug-likeness (QED) is 0.0320. The number of allylic oxidation sites excluding steroid dienone is 1. The number of benzene rings is 2. The van der Waals surface area contributed by atoms with Gasteiger partial charge in [0.1, 0.15) is 31.8 Å². The highest BCUT2D eigenvalue weighted by molar-refractivity contribution is 7.94. The molecule has 68 heavy (non-hydrogen) atoms. The van der Waals surface area contributed by atoms with Crippen molar-refractivity contribution in [1.82, 2.24) is 10.2 Å². The van der Waals surface area contributed by atoms with E-state index in [2.05, 4.69) is 38.8 Å². The second kappa shape index (κ2) is 33.8. The number of hydrogen-bond donors (Lipinski definition) is 3. The lowest BCUT2D eigenvalue weighted by Crippen LogP contribution is -2.35. The maximum absolute atomic E-state index is 14.3. The highest BCUT2D eigenvalue weighted by atomic mass is 35.5. The van der Waals surface area contributed by atoms with Crippen molar-refractivity contribution < 1.29 is 62.0 Å². The van der Waals surface area contributed by atoms with E-state index in [1.165, 1.54) is 11.0 Å². The van der Waals surface area contributed by atoms with Crippen LogP contribution < -0.4 is 24.7 Å². The van der Waals surface area contributed by atoms with Crippen LogP contribution in [0.1, 0.15) is 64.5 Å². The molecule has 2 aliphatic rings. The molecule has 4 amide bonds. The van der Waals surface area contributed by atoms with Crippen molar-refractivity contribution in [2.24, 2.45) is 0 Å². The highest BCUT2D eigenvalue weighted by Crippen LogP contribution is 2.37. The minimum Gasteiger partial charge on any atom is -0.778 e. The van der Waals surface area contributed by atoms with Crippen LogP contribution in [0.5, 0.6) is 5.75 Å². The van der Waals surface area contributed by atoms with E-state index in [1.54, 1.807) is 30.9 Å². The second-order valence-electron chi connectivity index (χ2n) is 15.1. The number of cyclic esters (lactones) is 1. The van der Waals surface area contributed by atoms with Gasteiger partial charge in [0.2, 0.25) is 5.91 Å². The van der Waals surface area contributed by atoms with E-state index < -0.39 is 49.0 Å². The van der Waals surface area contributed by atoms with Gasteiger partial charge < -0.3 is 38.6 Å². The first-order valence-electron chi connectivity index (χ1n) is 21.0. The van der Waals surface area contributed by atoms with Gasteiger partial charge in [-0.25, -0.2) is 14.1 Å². The average Bonchev–Trinajstić information content (AvgIpc) is 3.88. The van der Waals surface area contributed by atoms with Crippen molar-refractivity contribution in [3.05, 3.63) is 88.9 Å². The Morgan fingerprint density at radius 2 is 1.68 bits per heavy atom. The third kappa shape index (κ3) is 24.2. The lowest BCUT2D eigenvalue weighted by atomic mass is 10.0. The van der Waals surface area contributed by atoms with Crippen molar-refractivity contribution in [3.63, 3.8) is 0 Å². The van der Waals surface area contributed by atoms with E-state index in [-0.39, 0.29) is 52.7 Å². The van der Waals surface area contributed by atoms with Gasteiger partial charge >= 0.3 is 18.0 Å². The summed E-state index contributed by atoms with van der Waals surface area (Å²) < 4.78 is 40.4. The molecule has 1 aliphatic heterocycles. The summed E-state index contributed by atoms with van der Waals surface area (Å²) in [6.07, 6.45) is 13.0. The molecule has 2 aromatic rings. The van der Waals surface area contributed by atoms with Crippen LogP contribution in [-0.4, -0.2) is 120 Å². The minimum atomic E-state index is -4.35. The Bertz CT molecular complexity index is 2060. The molecule has 0 aromatic heterocycles. The number of para-hydroxylation sites is 1. The van der Waals surface area contributed by atoms with Gasteiger partial charge in [-0.3, -0.25) is 29.4 Å². The van der Waals surface area contributed by atoms with Gasteiger partial charge in [0, 0.05) is 25.8 Å². The molecule has 0 bridgehead atoms. The monoisotopic (exact) mass is 1070 g/mol. The van der Waals surface area contributed by atoms with Crippen LogP contribution >= 0.6 is 54.0 Å². The van der Waals surface area contributed by atoms with Crippen molar-refractivity contribution in [2.75, 3.05) is 73.7 Å². The van der Waals surface area contributed by atoms with Crippen molar-refractivity contribution >= 4 is 106 Å². The van der Waals surface area contributed by atoms with Crippen LogP contribution in [0.15, 0.2) is 67.0 Å². The van der Waals surface area contributed by atoms with Crippen LogP contribution in [-0.2, 0) is 50.5 Å². The number of rotatable bonds is 18. The number of aliphatic carboxylic acids is 1. The topological polar surface area (TPSA) is 215 Å². The summed E-state index contributed by atoms with van der Waals surface area (Å²) in [6.45, 7) is 17.5. The number of nitrogens with one attached hydrogen (secondary N) is 1. The van der Waals surface area contributed by atoms with Crippen LogP contribution in [0.25, 0.3) is 0 Å². The van der Waals surface area contributed by atoms with Crippen molar-refractivity contribution in [3.8, 4) is 5.75 Å². The fourth-order valence-electron chi connectivity index (χ4n) is 5.77. The number of halogens is 5. The molecular weight excluding hydrogens is 1010 g/mol. The number of hydrogen-bond acceptors (Lipinski definition) is 11. The third-order valence-corrected chi connectivity index (χ3v) is 10.2. The minimum absolute atomic E-state index is 0.00962. The number of anilines is 2. The molecular formula is C45H64Cl4FN4O12PS. The molecule has 23 heteroatoms. The molecule has 1 atom stereocenters. The Morgan fingerprint density at radius 1 is 1.10 bits per heavy atom. The number of carboxylic acids is 1. The fraction of sp³-hybridized carbons (Fsp3) is 0.489. The zero-order valence-corrected chi connectivity index (χ0v) is 44.4. The Kier molecular flexibility index (Phi) is 32.0. The summed E-state index contributed by atoms with van der Waals surface area (Å²) in [5.41, 5.74) is 3.44. The zero-order chi connectivity index (χ0) is 52.3. The van der Waals surface area contributed by atoms with Gasteiger partial charge in [0.05, 0.1) is 54.1 Å². The lowest BCUT2D eigenvalue weighted by Gasteiger charge is -2.25. The Labute approximate surface area is 422 Å². The number of carboxylic acid groups (broad SMARTS) is 1. The molecule has 0 spiro atoms. The van der Waals surface area contributed by atoms with E-state index in [9.17, 15) is 37.8 Å². The normalized spacial score (nSPS) is 13.8. The molecule has 0 radical (unpaired) electrons. The summed E-state index contributed by atoms with van der Waals surface area (Å²) in [5.74, 6) is -2.99. The van der Waals surface area contributed by atoms with E-state index in [1.807, 2.05) is 37.4 Å². The number of carbonyl (C=O) groups is 5. The molecule has 1 saturated carbocycles. The van der Waals surface area contributed by atoms with Crippen LogP contribution in [0, 0.1) is 12.7 Å². The number of imide groups is 1. The van der Waals surface area contributed by atoms with Gasteiger partial charge in [-0.15, -0.1) is 24.8 Å². The van der Waals surface area contributed by atoms with Crippen LogP contribution in [0.4, 0.5) is 20.6 Å². The first-order valence-corrected chi connectivity index (χ1v) is 27.0. The number of aryl methyl sites for hydroxylation is 2. The average molecular weight is 1080 g/mol. The van der Waals surface area contributed by atoms with E-state index in [4.69, 9.17) is 70.6 Å². The van der Waals surface area contributed by atoms with Gasteiger partial charge in [-0.05, 0) is 93.5 Å². The number of alkyl halides is 3. The maximum atomic E-state index is 14.3. The molecule has 1 aliphatic carbocycles. The highest BCUT2D eigenvalue weighted by Gasteiger charge is 2.40. The fourth-order valence-corrected chi connectivity index (χ4v) is 6.78. The largest absolute Gasteiger partial charge is 0.778 e. The van der Waals surface area contributed by atoms with Gasteiger partial charge in [-0.2, -0.15) is 0 Å². The number of carbonyl (C=O) groups excluding carboxylic acids is 4. The first kappa shape index (κ1) is 64.3. The first-order chi connectivity index (χ1) is 31.8. The molecule has 2 aromatic carbocycles. The summed E-state index contributed by atoms with van der Waals surface area (Å²) in [7, 11) is -3.71. The summed E-state index contributed by atoms with van der Waals surface area (Å²) in [5, 5.41) is 10.1. The Morgan fingerprint density at radius 3 is 2.12 bits per heavy atom. The number of nitrogens with zero attached hydrogens (tertiary/aromatic N) is 3. The van der Waals surface area contributed by atoms with Crippen LogP contribution in [0.3, 0.4) is 0 Å². The maximum Gasteiger partial charge on any atom is 0.427 e. The summed E-state index contributed by atoms with van der Waals surface area (Å²) in [4.78, 5) is 78.0. The molecule has 1 heterocycles. The predicted octanol–water partition coefficient (Wildman–Crippen LogP) is 8.35. The Balaban J connectivity index is 0.000000904. The summed E-state index contributed by atoms with van der Waals surface area (Å²) in [6, 6.07) is 8.35. The van der Waals surface area contributed by atoms with Gasteiger partial charge in [-0.1, -0.05) is 72.1 Å². The molecule has 1 saturated heterocycles. The molecule has 3 N–H and O–H groups in total. The second-order valence-corrected chi connectivity index (χ2v) is 20.9. The SMILES string of the molecule is C=CCN(CC=C)C(=O)C(Cl)Cl.CC(C)=C1OC(=O)N(c2cc(OC3CCCC3)c(Cl)cc2F)C1=O.CCOCN(C(=O)CCl)c1c(C)cccc1CC.C[S+](C)C.O=C(O)CNCP(=O)([O-])O. The van der Waals surface area contributed by atoms with Crippen LogP contribution in [0.2, 0.25) is 5.02 Å². The van der Waals surface area contributed by atoms with Gasteiger partial charge in [0.25, 0.3) is 5.91 Å². The predicted molar refractivity (Wildman–Crippen MR) is 270 cm³/mol. The molecule has 1 unspecified atom stereocenters. The van der Waals surface area contributed by atoms with Crippen molar-refractivity contribution in [1.29, 1.82) is 0 Å². The lowest BCUT2D eigenvalue weighted by molar-refractivity contribution is -0.193. The van der Waals surface area contributed by atoms with Crippen molar-refractivity contribution in [2.45, 2.75) is 77.7 Å². The number of ether oxygens (including phenoxy) is 3. The number of amides is 4. The third-order valence-electron chi connectivity index (χ3n) is 8.66. The molecule has 4 rings (SSSR count). The van der Waals surface area contributed by atoms with Gasteiger partial charge in [0.15, 0.2) is 10.6 Å². The molecule has 2 fully saturated rings. The smallest absolute Gasteiger partial charge is 0.427 e. The van der Waals surface area contributed by atoms with E-state index in [0.717, 1.165) is 55.0 Å². The Hall–Kier alpha value is -3.68. The summed E-state index contributed by atoms with van der Waals surface area (Å²) >= 11 is 22.5. The molecule has 16 nitrogen and oxygen atoms in total. The zero-order valence-electron chi connectivity index (χ0n) is 39.7. The van der Waals surface area contributed by atoms with E-state index in [0.29, 0.717) is 41.1 Å².